The predicted molar refractivity (Wildman–Crippen MR) is 60.8 cm³/mol. The summed E-state index contributed by atoms with van der Waals surface area (Å²) in [7, 11) is 0. The van der Waals surface area contributed by atoms with Gasteiger partial charge < -0.3 is 10.0 Å². The lowest BCUT2D eigenvalue weighted by Gasteiger charge is -2.13. The van der Waals surface area contributed by atoms with E-state index in [-0.39, 0.29) is 11.7 Å². The third-order valence-electron chi connectivity index (χ3n) is 2.54. The largest absolute Gasteiger partial charge is 0.508 e. The summed E-state index contributed by atoms with van der Waals surface area (Å²) in [5.74, 6) is 0.149. The number of rotatable bonds is 2. The minimum Gasteiger partial charge on any atom is -0.508 e. The summed E-state index contributed by atoms with van der Waals surface area (Å²) in [6.07, 6.45) is 0.948. The maximum Gasteiger partial charge on any atom is 0.254 e. The molecule has 1 aliphatic rings. The summed E-state index contributed by atoms with van der Waals surface area (Å²) >= 11 is 3.37. The molecule has 0 aromatic heterocycles. The molecule has 0 saturated heterocycles. The molecular weight excluding hydrogens is 258 g/mol. The Morgan fingerprint density at radius 2 is 2.27 bits per heavy atom. The zero-order valence-electron chi connectivity index (χ0n) is 8.46. The topological polar surface area (TPSA) is 40.5 Å². The molecule has 80 valence electrons. The molecule has 0 radical (unpaired) electrons. The highest BCUT2D eigenvalue weighted by molar-refractivity contribution is 9.10. The van der Waals surface area contributed by atoms with Crippen LogP contribution in [-0.2, 0) is 6.54 Å². The van der Waals surface area contributed by atoms with Crippen LogP contribution in [0.4, 0.5) is 0 Å². The van der Waals surface area contributed by atoms with E-state index in [1.165, 1.54) is 6.07 Å². The van der Waals surface area contributed by atoms with Gasteiger partial charge in [0.15, 0.2) is 0 Å². The fourth-order valence-electron chi connectivity index (χ4n) is 1.86. The average Bonchev–Trinajstić information content (AvgIpc) is 2.47. The van der Waals surface area contributed by atoms with Crippen LogP contribution >= 0.6 is 15.9 Å². The summed E-state index contributed by atoms with van der Waals surface area (Å²) in [6, 6.07) is 3.17. The first-order chi connectivity index (χ1) is 7.13. The number of hydrogen-bond donors (Lipinski definition) is 1. The van der Waals surface area contributed by atoms with Crippen molar-refractivity contribution in [2.75, 3.05) is 6.54 Å². The summed E-state index contributed by atoms with van der Waals surface area (Å²) in [6.45, 7) is 3.45. The van der Waals surface area contributed by atoms with Crippen LogP contribution in [0.1, 0.15) is 29.3 Å². The number of phenols is 1. The molecule has 0 atom stereocenters. The van der Waals surface area contributed by atoms with Gasteiger partial charge in [-0.05, 0) is 24.1 Å². The molecule has 0 spiro atoms. The maximum atomic E-state index is 11.9. The van der Waals surface area contributed by atoms with Gasteiger partial charge in [-0.1, -0.05) is 22.9 Å². The Morgan fingerprint density at radius 1 is 1.53 bits per heavy atom. The fourth-order valence-corrected chi connectivity index (χ4v) is 2.43. The third kappa shape index (κ3) is 1.74. The number of halogens is 1. The molecule has 1 N–H and O–H groups in total. The number of carbonyl (C=O) groups is 1. The van der Waals surface area contributed by atoms with Gasteiger partial charge in [0.25, 0.3) is 5.91 Å². The molecule has 0 aliphatic carbocycles. The van der Waals surface area contributed by atoms with Gasteiger partial charge in [-0.25, -0.2) is 0 Å². The molecule has 3 nitrogen and oxygen atoms in total. The van der Waals surface area contributed by atoms with E-state index in [4.69, 9.17) is 0 Å². The first kappa shape index (κ1) is 10.5. The second kappa shape index (κ2) is 3.85. The van der Waals surface area contributed by atoms with Gasteiger partial charge in [-0.15, -0.1) is 0 Å². The number of nitrogens with zero attached hydrogens (tertiary/aromatic N) is 1. The molecule has 0 bridgehead atoms. The number of fused-ring (bicyclic) bond motifs is 1. The normalized spacial score (nSPS) is 14.5. The number of carbonyl (C=O) groups excluding carboxylic acids is 1. The predicted octanol–water partition coefficient (Wildman–Crippen LogP) is 2.52. The van der Waals surface area contributed by atoms with Crippen LogP contribution in [0.25, 0.3) is 0 Å². The molecule has 0 saturated carbocycles. The van der Waals surface area contributed by atoms with Crippen molar-refractivity contribution in [3.8, 4) is 5.75 Å². The van der Waals surface area contributed by atoms with Crippen molar-refractivity contribution in [2.45, 2.75) is 19.9 Å². The molecule has 0 unspecified atom stereocenters. The molecule has 0 fully saturated rings. The first-order valence-electron chi connectivity index (χ1n) is 4.94. The average molecular weight is 270 g/mol. The summed E-state index contributed by atoms with van der Waals surface area (Å²) in [4.78, 5) is 13.7. The van der Waals surface area contributed by atoms with Crippen molar-refractivity contribution in [1.82, 2.24) is 4.90 Å². The number of phenolic OH excluding ortho intramolecular Hbond substituents is 1. The molecule has 15 heavy (non-hydrogen) atoms. The van der Waals surface area contributed by atoms with Gasteiger partial charge in [0.05, 0.1) is 0 Å². The highest BCUT2D eigenvalue weighted by atomic mass is 79.9. The zero-order chi connectivity index (χ0) is 11.0. The Kier molecular flexibility index (Phi) is 2.69. The Bertz CT molecular complexity index is 417. The third-order valence-corrected chi connectivity index (χ3v) is 3.25. The lowest BCUT2D eigenvalue weighted by atomic mass is 10.1. The fraction of sp³-hybridized carbons (Fsp3) is 0.364. The van der Waals surface area contributed by atoms with Crippen LogP contribution in [0.2, 0.25) is 0 Å². The summed E-state index contributed by atoms with van der Waals surface area (Å²) < 4.78 is 0.810. The molecule has 1 heterocycles. The zero-order valence-corrected chi connectivity index (χ0v) is 10.0. The minimum atomic E-state index is 0.0171. The van der Waals surface area contributed by atoms with Crippen LogP contribution in [0.5, 0.6) is 5.75 Å². The van der Waals surface area contributed by atoms with Gasteiger partial charge in [0, 0.05) is 23.1 Å². The van der Waals surface area contributed by atoms with Crippen LogP contribution in [0.3, 0.4) is 0 Å². The highest BCUT2D eigenvalue weighted by Gasteiger charge is 2.28. The Labute approximate surface area is 96.8 Å². The van der Waals surface area contributed by atoms with Crippen LogP contribution in [0, 0.1) is 0 Å². The molecule has 2 rings (SSSR count). The van der Waals surface area contributed by atoms with Gasteiger partial charge in [-0.2, -0.15) is 0 Å². The van der Waals surface area contributed by atoms with Crippen molar-refractivity contribution in [2.24, 2.45) is 0 Å². The smallest absolute Gasteiger partial charge is 0.254 e. The number of benzene rings is 1. The van der Waals surface area contributed by atoms with E-state index in [9.17, 15) is 9.90 Å². The molecule has 1 aromatic carbocycles. The van der Waals surface area contributed by atoms with E-state index in [0.717, 1.165) is 23.0 Å². The molecular formula is C11H12BrNO2. The second-order valence-corrected chi connectivity index (χ2v) is 4.53. The van der Waals surface area contributed by atoms with E-state index in [1.807, 2.05) is 6.92 Å². The summed E-state index contributed by atoms with van der Waals surface area (Å²) in [5, 5.41) is 9.41. The highest BCUT2D eigenvalue weighted by Crippen LogP contribution is 2.33. The van der Waals surface area contributed by atoms with Gasteiger partial charge >= 0.3 is 0 Å². The number of amides is 1. The van der Waals surface area contributed by atoms with Crippen LogP contribution in [0.15, 0.2) is 16.6 Å². The first-order valence-corrected chi connectivity index (χ1v) is 5.73. The van der Waals surface area contributed by atoms with E-state index >= 15 is 0 Å². The lowest BCUT2D eigenvalue weighted by molar-refractivity contribution is 0.0778. The Balaban J connectivity index is 2.41. The van der Waals surface area contributed by atoms with E-state index < -0.39 is 0 Å². The maximum absolute atomic E-state index is 11.9. The molecule has 4 heteroatoms. The van der Waals surface area contributed by atoms with Crippen LogP contribution in [-0.4, -0.2) is 22.5 Å². The quantitative estimate of drug-likeness (QED) is 0.897. The Hall–Kier alpha value is -1.03. The van der Waals surface area contributed by atoms with Gasteiger partial charge in [0.2, 0.25) is 0 Å². The second-order valence-electron chi connectivity index (χ2n) is 3.68. The molecule has 1 aromatic rings. The summed E-state index contributed by atoms with van der Waals surface area (Å²) in [5.41, 5.74) is 1.60. The van der Waals surface area contributed by atoms with Gasteiger partial charge in [0.1, 0.15) is 5.75 Å². The van der Waals surface area contributed by atoms with E-state index in [0.29, 0.717) is 12.1 Å². The lowest BCUT2D eigenvalue weighted by Crippen LogP contribution is -2.24. The van der Waals surface area contributed by atoms with E-state index in [2.05, 4.69) is 15.9 Å². The van der Waals surface area contributed by atoms with Crippen molar-refractivity contribution in [3.05, 3.63) is 27.7 Å². The SMILES string of the molecule is CCCN1Cc2c(Br)cc(O)cc2C1=O. The van der Waals surface area contributed by atoms with Crippen molar-refractivity contribution in [1.29, 1.82) is 0 Å². The molecule has 1 amide bonds. The molecule has 1 aliphatic heterocycles. The number of aromatic hydroxyl groups is 1. The minimum absolute atomic E-state index is 0.0171. The van der Waals surface area contributed by atoms with Crippen molar-refractivity contribution in [3.63, 3.8) is 0 Å². The van der Waals surface area contributed by atoms with E-state index in [1.54, 1.807) is 11.0 Å². The van der Waals surface area contributed by atoms with Crippen LogP contribution < -0.4 is 0 Å². The number of hydrogen-bond acceptors (Lipinski definition) is 2. The van der Waals surface area contributed by atoms with Crippen molar-refractivity contribution < 1.29 is 9.90 Å². The standard InChI is InChI=1S/C11H12BrNO2/c1-2-3-13-6-9-8(11(13)15)4-7(14)5-10(9)12/h4-5,14H,2-3,6H2,1H3. The Morgan fingerprint density at radius 3 is 2.93 bits per heavy atom. The van der Waals surface area contributed by atoms with Gasteiger partial charge in [-0.3, -0.25) is 4.79 Å². The monoisotopic (exact) mass is 269 g/mol. The van der Waals surface area contributed by atoms with Crippen molar-refractivity contribution >= 4 is 21.8 Å².